The summed E-state index contributed by atoms with van der Waals surface area (Å²) in [5, 5.41) is 15.5. The number of benzene rings is 2. The van der Waals surface area contributed by atoms with Crippen LogP contribution in [-0.4, -0.2) is 39.0 Å². The van der Waals surface area contributed by atoms with Crippen molar-refractivity contribution >= 4 is 0 Å². The van der Waals surface area contributed by atoms with Crippen LogP contribution in [0.2, 0.25) is 0 Å². The highest BCUT2D eigenvalue weighted by Crippen LogP contribution is 2.32. The molecule has 1 atom stereocenters. The third kappa shape index (κ3) is 6.31. The smallest absolute Gasteiger partial charge is 0.227 e. The average Bonchev–Trinajstić information content (AvgIpc) is 3.16. The number of aliphatic hydroxyl groups excluding tert-OH is 1. The first-order valence-corrected chi connectivity index (χ1v) is 11.6. The largest absolute Gasteiger partial charge is 0.439 e. The van der Waals surface area contributed by atoms with Gasteiger partial charge in [-0.1, -0.05) is 56.3 Å². The highest BCUT2D eigenvalue weighted by Gasteiger charge is 2.23. The second kappa shape index (κ2) is 12.2. The second-order valence-corrected chi connectivity index (χ2v) is 8.00. The Labute approximate surface area is 192 Å². The molecule has 0 saturated carbocycles. The van der Waals surface area contributed by atoms with E-state index in [-0.39, 0.29) is 6.10 Å². The Kier molecular flexibility index (Phi) is 9.08. The summed E-state index contributed by atoms with van der Waals surface area (Å²) < 4.78 is 8.33. The van der Waals surface area contributed by atoms with Gasteiger partial charge in [0.25, 0.3) is 0 Å². The van der Waals surface area contributed by atoms with E-state index in [1.165, 1.54) is 0 Å². The van der Waals surface area contributed by atoms with E-state index < -0.39 is 0 Å². The molecule has 3 aromatic rings. The monoisotopic (exact) mass is 433 g/mol. The fraction of sp³-hybridized carbons (Fsp3) is 0.370. The van der Waals surface area contributed by atoms with Gasteiger partial charge < -0.3 is 9.84 Å². The number of hydrogen-bond donors (Lipinski definition) is 1. The lowest BCUT2D eigenvalue weighted by molar-refractivity contribution is 0.102. The van der Waals surface area contributed by atoms with Crippen molar-refractivity contribution in [1.82, 2.24) is 14.7 Å². The lowest BCUT2D eigenvalue weighted by Gasteiger charge is -2.25. The van der Waals surface area contributed by atoms with E-state index in [0.29, 0.717) is 13.1 Å². The van der Waals surface area contributed by atoms with E-state index in [9.17, 15) is 5.11 Å². The number of aryl methyl sites for hydroxylation is 1. The Morgan fingerprint density at radius 1 is 1.09 bits per heavy atom. The fourth-order valence-electron chi connectivity index (χ4n) is 3.84. The Bertz CT molecular complexity index is 954. The number of ether oxygens (including phenoxy) is 1. The van der Waals surface area contributed by atoms with Crippen LogP contribution in [0.25, 0.3) is 5.69 Å². The second-order valence-electron chi connectivity index (χ2n) is 8.00. The Balaban J connectivity index is 1.98. The first-order chi connectivity index (χ1) is 15.7. The molecule has 0 aliphatic carbocycles. The van der Waals surface area contributed by atoms with Crippen LogP contribution in [0.4, 0.5) is 0 Å². The number of hydrogen-bond acceptors (Lipinski definition) is 4. The molecule has 2 aromatic carbocycles. The zero-order chi connectivity index (χ0) is 22.8. The highest BCUT2D eigenvalue weighted by atomic mass is 16.5. The minimum absolute atomic E-state index is 0.382. The molecule has 0 fully saturated rings. The third-order valence-corrected chi connectivity index (χ3v) is 5.41. The molecule has 0 amide bonds. The Morgan fingerprint density at radius 3 is 2.41 bits per heavy atom. The maximum Gasteiger partial charge on any atom is 0.227 e. The first kappa shape index (κ1) is 23.8. The lowest BCUT2D eigenvalue weighted by Crippen LogP contribution is -2.33. The summed E-state index contributed by atoms with van der Waals surface area (Å²) in [5.74, 6) is 1.52. The van der Waals surface area contributed by atoms with Gasteiger partial charge in [0.1, 0.15) is 5.75 Å². The molecule has 1 N–H and O–H groups in total. The minimum atomic E-state index is -0.382. The number of rotatable bonds is 13. The van der Waals surface area contributed by atoms with Gasteiger partial charge in [-0.05, 0) is 56.5 Å². The SMILES string of the molecule is C=CCC[C@H](O)CN(CCC)Cc1c(CC)nn(-c2ccccc2)c1Oc1ccccc1. The summed E-state index contributed by atoms with van der Waals surface area (Å²) in [6, 6.07) is 19.9. The number of aromatic nitrogens is 2. The maximum atomic E-state index is 10.5. The molecular formula is C27H35N3O2. The summed E-state index contributed by atoms with van der Waals surface area (Å²) in [5.41, 5.74) is 3.05. The number of nitrogens with zero attached hydrogens (tertiary/aromatic N) is 3. The van der Waals surface area contributed by atoms with Gasteiger partial charge in [-0.15, -0.1) is 6.58 Å². The van der Waals surface area contributed by atoms with Gasteiger partial charge in [-0.25, -0.2) is 4.68 Å². The molecule has 0 saturated heterocycles. The molecule has 0 spiro atoms. The molecule has 170 valence electrons. The molecule has 5 nitrogen and oxygen atoms in total. The standard InChI is InChI=1S/C27H35N3O2/c1-4-7-16-23(31)20-29(19-5-2)21-25-26(6-3)28-30(22-14-10-8-11-15-22)27(25)32-24-17-12-9-13-18-24/h4,8-15,17-18,23,31H,1,5-7,16,19-21H2,2-3H3/t23-/m0/s1. The predicted octanol–water partition coefficient (Wildman–Crippen LogP) is 5.77. The topological polar surface area (TPSA) is 50.5 Å². The third-order valence-electron chi connectivity index (χ3n) is 5.41. The van der Waals surface area contributed by atoms with Crippen molar-refractivity contribution < 1.29 is 9.84 Å². The van der Waals surface area contributed by atoms with Crippen LogP contribution in [0.1, 0.15) is 44.4 Å². The van der Waals surface area contributed by atoms with Gasteiger partial charge in [0.15, 0.2) is 0 Å². The van der Waals surface area contributed by atoms with E-state index in [0.717, 1.165) is 60.8 Å². The zero-order valence-electron chi connectivity index (χ0n) is 19.3. The van der Waals surface area contributed by atoms with Crippen LogP contribution in [0.5, 0.6) is 11.6 Å². The molecule has 0 radical (unpaired) electrons. The van der Waals surface area contributed by atoms with Crippen LogP contribution in [0, 0.1) is 0 Å². The zero-order valence-corrected chi connectivity index (χ0v) is 19.3. The first-order valence-electron chi connectivity index (χ1n) is 11.6. The van der Waals surface area contributed by atoms with Gasteiger partial charge in [-0.3, -0.25) is 4.90 Å². The van der Waals surface area contributed by atoms with E-state index in [1.807, 2.05) is 71.4 Å². The van der Waals surface area contributed by atoms with Crippen molar-refractivity contribution in [3.8, 4) is 17.3 Å². The van der Waals surface area contributed by atoms with Gasteiger partial charge in [0.05, 0.1) is 23.0 Å². The van der Waals surface area contributed by atoms with Crippen molar-refractivity contribution in [2.75, 3.05) is 13.1 Å². The maximum absolute atomic E-state index is 10.5. The Hall–Kier alpha value is -2.89. The molecule has 5 heteroatoms. The molecule has 0 aliphatic rings. The van der Waals surface area contributed by atoms with Gasteiger partial charge in [0.2, 0.25) is 5.88 Å². The molecule has 1 aromatic heterocycles. The van der Waals surface area contributed by atoms with Crippen LogP contribution in [0.15, 0.2) is 73.3 Å². The molecule has 1 heterocycles. The summed E-state index contributed by atoms with van der Waals surface area (Å²) >= 11 is 0. The van der Waals surface area contributed by atoms with Crippen LogP contribution < -0.4 is 4.74 Å². The van der Waals surface area contributed by atoms with Crippen molar-refractivity contribution in [1.29, 1.82) is 0 Å². The van der Waals surface area contributed by atoms with Crippen molar-refractivity contribution in [2.45, 2.75) is 52.2 Å². The number of para-hydroxylation sites is 2. The molecular weight excluding hydrogens is 398 g/mol. The summed E-state index contributed by atoms with van der Waals surface area (Å²) in [4.78, 5) is 2.30. The normalized spacial score (nSPS) is 12.1. The predicted molar refractivity (Wildman–Crippen MR) is 130 cm³/mol. The van der Waals surface area contributed by atoms with Crippen LogP contribution in [-0.2, 0) is 13.0 Å². The molecule has 0 bridgehead atoms. The molecule has 32 heavy (non-hydrogen) atoms. The van der Waals surface area contributed by atoms with Crippen molar-refractivity contribution in [2.24, 2.45) is 0 Å². The van der Waals surface area contributed by atoms with E-state index >= 15 is 0 Å². The number of aliphatic hydroxyl groups is 1. The van der Waals surface area contributed by atoms with E-state index in [1.54, 1.807) is 0 Å². The molecule has 3 rings (SSSR count). The van der Waals surface area contributed by atoms with Gasteiger partial charge >= 0.3 is 0 Å². The van der Waals surface area contributed by atoms with Gasteiger partial charge in [0, 0.05) is 13.1 Å². The van der Waals surface area contributed by atoms with E-state index in [4.69, 9.17) is 9.84 Å². The van der Waals surface area contributed by atoms with Crippen LogP contribution in [0.3, 0.4) is 0 Å². The van der Waals surface area contributed by atoms with Crippen molar-refractivity contribution in [3.05, 3.63) is 84.6 Å². The molecule has 0 aliphatic heterocycles. The van der Waals surface area contributed by atoms with E-state index in [2.05, 4.69) is 25.3 Å². The summed E-state index contributed by atoms with van der Waals surface area (Å²) in [6.45, 7) is 10.2. The van der Waals surface area contributed by atoms with Gasteiger partial charge in [-0.2, -0.15) is 5.10 Å². The lowest BCUT2D eigenvalue weighted by atomic mass is 10.1. The van der Waals surface area contributed by atoms with Crippen LogP contribution >= 0.6 is 0 Å². The Morgan fingerprint density at radius 2 is 1.78 bits per heavy atom. The quantitative estimate of drug-likeness (QED) is 0.348. The average molecular weight is 434 g/mol. The van der Waals surface area contributed by atoms with Crippen molar-refractivity contribution in [3.63, 3.8) is 0 Å². The fourth-order valence-corrected chi connectivity index (χ4v) is 3.84. The number of allylic oxidation sites excluding steroid dienone is 1. The minimum Gasteiger partial charge on any atom is -0.439 e. The summed E-state index contributed by atoms with van der Waals surface area (Å²) in [6.07, 6.45) is 4.83. The highest BCUT2D eigenvalue weighted by molar-refractivity contribution is 5.43. The summed E-state index contributed by atoms with van der Waals surface area (Å²) in [7, 11) is 0. The molecule has 0 unspecified atom stereocenters.